The average molecular weight is 281 g/mol. The van der Waals surface area contributed by atoms with E-state index in [1.165, 1.54) is 4.88 Å². The van der Waals surface area contributed by atoms with Crippen LogP contribution >= 0.6 is 22.9 Å². The third kappa shape index (κ3) is 2.30. The van der Waals surface area contributed by atoms with Gasteiger partial charge in [-0.15, -0.1) is 11.3 Å². The smallest absolute Gasteiger partial charge is 0.244 e. The van der Waals surface area contributed by atoms with Gasteiger partial charge >= 0.3 is 0 Å². The third-order valence-electron chi connectivity index (χ3n) is 2.39. The van der Waals surface area contributed by atoms with Crippen LogP contribution in [0.25, 0.3) is 11.2 Å². The van der Waals surface area contributed by atoms with E-state index in [1.807, 2.05) is 11.4 Å². The number of hydrogen-bond donors (Lipinski definition) is 1. The lowest BCUT2D eigenvalue weighted by Crippen LogP contribution is -2.03. The van der Waals surface area contributed by atoms with E-state index in [9.17, 15) is 0 Å². The molecule has 0 radical (unpaired) electrons. The molecule has 0 fully saturated rings. The van der Waals surface area contributed by atoms with Crippen LogP contribution in [0.15, 0.2) is 23.8 Å². The van der Waals surface area contributed by atoms with Crippen LogP contribution in [0.4, 0.5) is 0 Å². The highest BCUT2D eigenvalue weighted by Gasteiger charge is 2.09. The Morgan fingerprint density at radius 3 is 3.17 bits per heavy atom. The largest absolute Gasteiger partial charge is 0.476 e. The van der Waals surface area contributed by atoms with E-state index < -0.39 is 0 Å². The first-order valence-electron chi connectivity index (χ1n) is 5.35. The van der Waals surface area contributed by atoms with Gasteiger partial charge in [-0.25, -0.2) is 4.98 Å². The number of hydrogen-bond acceptors (Lipinski definition) is 5. The topological polar surface area (TPSA) is 63.7 Å². The molecule has 0 aliphatic rings. The van der Waals surface area contributed by atoms with Gasteiger partial charge in [-0.1, -0.05) is 6.07 Å². The standard InChI is InChI=1S/C11H9ClN4OS/c12-11-15-9-8(13-6-14-9)10(16-11)17-4-3-7-2-1-5-18-7/h1-2,5-6H,3-4H2,(H,13,14,15,16). The first-order chi connectivity index (χ1) is 8.83. The number of aromatic amines is 1. The van der Waals surface area contributed by atoms with Crippen LogP contribution < -0.4 is 4.74 Å². The lowest BCUT2D eigenvalue weighted by atomic mass is 10.4. The van der Waals surface area contributed by atoms with Crippen molar-refractivity contribution in [3.63, 3.8) is 0 Å². The van der Waals surface area contributed by atoms with Crippen molar-refractivity contribution >= 4 is 34.1 Å². The summed E-state index contributed by atoms with van der Waals surface area (Å²) in [6.45, 7) is 0.544. The molecule has 3 aromatic heterocycles. The Balaban J connectivity index is 1.75. The highest BCUT2D eigenvalue weighted by Crippen LogP contribution is 2.21. The molecule has 92 valence electrons. The molecule has 18 heavy (non-hydrogen) atoms. The van der Waals surface area contributed by atoms with Gasteiger partial charge in [0.2, 0.25) is 11.2 Å². The van der Waals surface area contributed by atoms with Crippen LogP contribution in [0.2, 0.25) is 5.28 Å². The molecule has 0 aromatic carbocycles. The second kappa shape index (κ2) is 4.91. The zero-order valence-electron chi connectivity index (χ0n) is 9.26. The van der Waals surface area contributed by atoms with Crippen LogP contribution in [-0.2, 0) is 6.42 Å². The second-order valence-corrected chi connectivity index (χ2v) is 4.95. The van der Waals surface area contributed by atoms with Crippen LogP contribution in [-0.4, -0.2) is 26.5 Å². The van der Waals surface area contributed by atoms with Gasteiger partial charge in [0.1, 0.15) is 5.52 Å². The minimum absolute atomic E-state index is 0.140. The number of imidazole rings is 1. The summed E-state index contributed by atoms with van der Waals surface area (Å²) >= 11 is 7.51. The summed E-state index contributed by atoms with van der Waals surface area (Å²) in [7, 11) is 0. The molecule has 0 atom stereocenters. The number of H-pyrrole nitrogens is 1. The first kappa shape index (κ1) is 11.4. The Morgan fingerprint density at radius 1 is 1.39 bits per heavy atom. The maximum Gasteiger partial charge on any atom is 0.244 e. The third-order valence-corrected chi connectivity index (χ3v) is 3.50. The summed E-state index contributed by atoms with van der Waals surface area (Å²) in [4.78, 5) is 16.3. The van der Waals surface area contributed by atoms with Crippen LogP contribution in [0.1, 0.15) is 4.88 Å². The molecule has 0 saturated heterocycles. The minimum atomic E-state index is 0.140. The molecule has 3 heterocycles. The van der Waals surface area contributed by atoms with E-state index in [0.29, 0.717) is 23.7 Å². The number of nitrogens with one attached hydrogen (secondary N) is 1. The van der Waals surface area contributed by atoms with Crippen molar-refractivity contribution in [1.29, 1.82) is 0 Å². The number of thiophene rings is 1. The van der Waals surface area contributed by atoms with E-state index in [1.54, 1.807) is 17.7 Å². The Labute approximate surface area is 112 Å². The van der Waals surface area contributed by atoms with Gasteiger partial charge in [0.05, 0.1) is 12.9 Å². The SMILES string of the molecule is Clc1nc(OCCc2cccs2)c2[nH]cnc2n1. The number of nitrogens with zero attached hydrogens (tertiary/aromatic N) is 3. The molecular weight excluding hydrogens is 272 g/mol. The fourth-order valence-electron chi connectivity index (χ4n) is 1.59. The molecule has 3 aromatic rings. The Bertz CT molecular complexity index is 652. The lowest BCUT2D eigenvalue weighted by molar-refractivity contribution is 0.313. The van der Waals surface area contributed by atoms with Gasteiger partial charge < -0.3 is 9.72 Å². The molecule has 0 unspecified atom stereocenters. The molecule has 0 bridgehead atoms. The van der Waals surface area contributed by atoms with Crippen LogP contribution in [0.5, 0.6) is 5.88 Å². The van der Waals surface area contributed by atoms with Crippen molar-refractivity contribution < 1.29 is 4.74 Å². The fourth-order valence-corrected chi connectivity index (χ4v) is 2.44. The fraction of sp³-hybridized carbons (Fsp3) is 0.182. The summed E-state index contributed by atoms with van der Waals surface area (Å²) in [5.41, 5.74) is 1.19. The summed E-state index contributed by atoms with van der Waals surface area (Å²) in [6, 6.07) is 4.10. The number of rotatable bonds is 4. The van der Waals surface area contributed by atoms with Gasteiger partial charge in [-0.2, -0.15) is 9.97 Å². The lowest BCUT2D eigenvalue weighted by Gasteiger charge is -2.04. The van der Waals surface area contributed by atoms with Gasteiger partial charge in [-0.05, 0) is 23.0 Å². The minimum Gasteiger partial charge on any atom is -0.476 e. The monoisotopic (exact) mass is 280 g/mol. The Kier molecular flexibility index (Phi) is 3.12. The highest BCUT2D eigenvalue weighted by atomic mass is 35.5. The molecule has 1 N–H and O–H groups in total. The molecule has 3 rings (SSSR count). The van der Waals surface area contributed by atoms with Crippen molar-refractivity contribution in [2.45, 2.75) is 6.42 Å². The maximum absolute atomic E-state index is 5.81. The predicted octanol–water partition coefficient (Wildman–Crippen LogP) is 2.69. The predicted molar refractivity (Wildman–Crippen MR) is 70.2 cm³/mol. The zero-order valence-corrected chi connectivity index (χ0v) is 10.8. The summed E-state index contributed by atoms with van der Waals surface area (Å²) in [5, 5.41) is 2.19. The van der Waals surface area contributed by atoms with Crippen molar-refractivity contribution in [3.8, 4) is 5.88 Å². The zero-order chi connectivity index (χ0) is 12.4. The molecule has 0 spiro atoms. The normalized spacial score (nSPS) is 10.9. The van der Waals surface area contributed by atoms with Crippen LogP contribution in [0, 0.1) is 0 Å². The average Bonchev–Trinajstić information content (AvgIpc) is 2.98. The molecular formula is C11H9ClN4OS. The summed E-state index contributed by atoms with van der Waals surface area (Å²) in [5.74, 6) is 0.444. The van der Waals surface area contributed by atoms with E-state index >= 15 is 0 Å². The van der Waals surface area contributed by atoms with E-state index in [0.717, 1.165) is 6.42 Å². The van der Waals surface area contributed by atoms with E-state index in [2.05, 4.69) is 26.0 Å². The molecule has 7 heteroatoms. The summed E-state index contributed by atoms with van der Waals surface area (Å²) < 4.78 is 5.63. The molecule has 0 amide bonds. The highest BCUT2D eigenvalue weighted by molar-refractivity contribution is 7.09. The van der Waals surface area contributed by atoms with E-state index in [-0.39, 0.29) is 5.28 Å². The number of aromatic nitrogens is 4. The molecule has 5 nitrogen and oxygen atoms in total. The summed E-state index contributed by atoms with van der Waals surface area (Å²) in [6.07, 6.45) is 2.39. The molecule has 0 aliphatic carbocycles. The number of fused-ring (bicyclic) bond motifs is 1. The molecule has 0 aliphatic heterocycles. The van der Waals surface area contributed by atoms with Gasteiger partial charge in [0.25, 0.3) is 0 Å². The Morgan fingerprint density at radius 2 is 2.33 bits per heavy atom. The van der Waals surface area contributed by atoms with Crippen molar-refractivity contribution in [1.82, 2.24) is 19.9 Å². The number of halogens is 1. The second-order valence-electron chi connectivity index (χ2n) is 3.58. The van der Waals surface area contributed by atoms with Crippen molar-refractivity contribution in [2.24, 2.45) is 0 Å². The van der Waals surface area contributed by atoms with E-state index in [4.69, 9.17) is 16.3 Å². The van der Waals surface area contributed by atoms with Gasteiger partial charge in [-0.3, -0.25) is 0 Å². The van der Waals surface area contributed by atoms with Crippen molar-refractivity contribution in [3.05, 3.63) is 34.0 Å². The number of ether oxygens (including phenoxy) is 1. The maximum atomic E-state index is 5.81. The van der Waals surface area contributed by atoms with Crippen molar-refractivity contribution in [2.75, 3.05) is 6.61 Å². The quantitative estimate of drug-likeness (QED) is 0.746. The van der Waals surface area contributed by atoms with Gasteiger partial charge in [0, 0.05) is 11.3 Å². The van der Waals surface area contributed by atoms with Gasteiger partial charge in [0.15, 0.2) is 5.65 Å². The molecule has 0 saturated carbocycles. The Hall–Kier alpha value is -1.66. The first-order valence-corrected chi connectivity index (χ1v) is 6.60. The van der Waals surface area contributed by atoms with Crippen LogP contribution in [0.3, 0.4) is 0 Å².